The molecule has 0 fully saturated rings. The van der Waals surface area contributed by atoms with Gasteiger partial charge in [-0.1, -0.05) is 26.0 Å². The topological polar surface area (TPSA) is 214 Å². The molecule has 4 amide bonds. The van der Waals surface area contributed by atoms with E-state index in [1.807, 2.05) is 0 Å². The van der Waals surface area contributed by atoms with E-state index in [0.717, 1.165) is 0 Å². The summed E-state index contributed by atoms with van der Waals surface area (Å²) >= 11 is 3.98. The average Bonchev–Trinajstić information content (AvgIpc) is 2.79. The lowest BCUT2D eigenvalue weighted by atomic mass is 10.00. The number of nitrogens with two attached hydrogens (primary N) is 2. The number of phenols is 1. The van der Waals surface area contributed by atoms with Crippen molar-refractivity contribution < 1.29 is 34.2 Å². The number of primary amides is 1. The van der Waals surface area contributed by atoms with Crippen LogP contribution < -0.4 is 27.4 Å². The fourth-order valence-corrected chi connectivity index (χ4v) is 3.20. The average molecular weight is 512 g/mol. The maximum atomic E-state index is 13.1. The Kier molecular flexibility index (Phi) is 12.0. The van der Waals surface area contributed by atoms with Gasteiger partial charge in [-0.15, -0.1) is 0 Å². The molecular weight excluding hydrogens is 478 g/mol. The van der Waals surface area contributed by atoms with Crippen molar-refractivity contribution in [3.05, 3.63) is 29.8 Å². The molecule has 0 saturated carbocycles. The summed E-state index contributed by atoms with van der Waals surface area (Å²) in [7, 11) is 0. The number of carboxylic acid groups (broad SMARTS) is 1. The molecule has 0 radical (unpaired) electrons. The molecule has 0 heterocycles. The third-order valence-corrected chi connectivity index (χ3v) is 5.48. The largest absolute Gasteiger partial charge is 0.508 e. The van der Waals surface area contributed by atoms with Crippen LogP contribution in [0.15, 0.2) is 24.3 Å². The highest BCUT2D eigenvalue weighted by Crippen LogP contribution is 2.12. The second kappa shape index (κ2) is 14.2. The first-order chi connectivity index (χ1) is 16.3. The number of nitrogens with one attached hydrogen (secondary N) is 3. The Morgan fingerprint density at radius 1 is 0.943 bits per heavy atom. The molecule has 0 aliphatic heterocycles. The van der Waals surface area contributed by atoms with Gasteiger partial charge in [0.2, 0.25) is 23.6 Å². The summed E-state index contributed by atoms with van der Waals surface area (Å²) < 4.78 is 0. The fraction of sp³-hybridized carbons (Fsp3) is 0.500. The number of phenolic OH excluding ortho intramolecular Hbond substituents is 1. The fourth-order valence-electron chi connectivity index (χ4n) is 3.03. The molecule has 0 spiro atoms. The van der Waals surface area contributed by atoms with E-state index >= 15 is 0 Å². The molecule has 4 atom stereocenters. The number of rotatable bonds is 14. The molecule has 9 N–H and O–H groups in total. The van der Waals surface area contributed by atoms with Crippen molar-refractivity contribution in [2.75, 3.05) is 5.75 Å². The van der Waals surface area contributed by atoms with E-state index in [4.69, 9.17) is 11.5 Å². The Morgan fingerprint density at radius 3 is 2.00 bits per heavy atom. The minimum atomic E-state index is -1.38. The van der Waals surface area contributed by atoms with Gasteiger partial charge in [0.15, 0.2) is 0 Å². The molecule has 12 nitrogen and oxygen atoms in total. The Hall–Kier alpha value is -3.32. The Balaban J connectivity index is 3.06. The molecule has 0 aliphatic rings. The third kappa shape index (κ3) is 10.2. The van der Waals surface area contributed by atoms with E-state index in [2.05, 4.69) is 28.6 Å². The Morgan fingerprint density at radius 2 is 1.51 bits per heavy atom. The van der Waals surface area contributed by atoms with E-state index in [1.54, 1.807) is 26.0 Å². The van der Waals surface area contributed by atoms with Crippen LogP contribution in [0.2, 0.25) is 0 Å². The monoisotopic (exact) mass is 511 g/mol. The Labute approximate surface area is 208 Å². The number of hydrogen-bond donors (Lipinski definition) is 8. The number of amides is 4. The molecule has 35 heavy (non-hydrogen) atoms. The minimum Gasteiger partial charge on any atom is -0.508 e. The summed E-state index contributed by atoms with van der Waals surface area (Å²) in [4.78, 5) is 60.8. The van der Waals surface area contributed by atoms with Gasteiger partial charge >= 0.3 is 5.97 Å². The lowest BCUT2D eigenvalue weighted by molar-refractivity contribution is -0.143. The molecule has 13 heteroatoms. The zero-order valence-corrected chi connectivity index (χ0v) is 20.5. The highest BCUT2D eigenvalue weighted by atomic mass is 32.1. The molecule has 194 valence electrons. The quantitative estimate of drug-likeness (QED) is 0.139. The maximum absolute atomic E-state index is 13.1. The first-order valence-electron chi connectivity index (χ1n) is 10.9. The number of hydrogen-bond acceptors (Lipinski definition) is 8. The number of aromatic hydroxyl groups is 1. The predicted octanol–water partition coefficient (Wildman–Crippen LogP) is -1.35. The SMILES string of the molecule is CC(C)C(NC(=O)C(Cc1ccc(O)cc1)NC(=O)C(N)CS)C(=O)NC(CCC(N)=O)C(=O)O. The number of aliphatic carboxylic acids is 1. The smallest absolute Gasteiger partial charge is 0.326 e. The summed E-state index contributed by atoms with van der Waals surface area (Å²) in [5.74, 6) is -4.55. The summed E-state index contributed by atoms with van der Waals surface area (Å²) in [6.07, 6.45) is -0.432. The van der Waals surface area contributed by atoms with Crippen LogP contribution in [0.1, 0.15) is 32.3 Å². The molecule has 1 aromatic carbocycles. The highest BCUT2D eigenvalue weighted by Gasteiger charge is 2.32. The summed E-state index contributed by atoms with van der Waals surface area (Å²) in [5, 5.41) is 26.2. The summed E-state index contributed by atoms with van der Waals surface area (Å²) in [6, 6.07) is 1.37. The van der Waals surface area contributed by atoms with Crippen molar-refractivity contribution in [3.8, 4) is 5.75 Å². The minimum absolute atomic E-state index is 0.0248. The van der Waals surface area contributed by atoms with Crippen LogP contribution in [-0.4, -0.2) is 69.7 Å². The van der Waals surface area contributed by atoms with Gasteiger partial charge in [-0.3, -0.25) is 19.2 Å². The van der Waals surface area contributed by atoms with E-state index in [0.29, 0.717) is 5.56 Å². The van der Waals surface area contributed by atoms with Crippen LogP contribution in [0.3, 0.4) is 0 Å². The zero-order valence-electron chi connectivity index (χ0n) is 19.6. The van der Waals surface area contributed by atoms with Crippen molar-refractivity contribution >= 4 is 42.2 Å². The lowest BCUT2D eigenvalue weighted by Crippen LogP contribution is -2.59. The van der Waals surface area contributed by atoms with Crippen LogP contribution in [-0.2, 0) is 30.4 Å². The molecule has 0 aromatic heterocycles. The number of carbonyl (C=O) groups is 5. The second-order valence-electron chi connectivity index (χ2n) is 8.36. The van der Waals surface area contributed by atoms with Crippen LogP contribution in [0.5, 0.6) is 5.75 Å². The van der Waals surface area contributed by atoms with Gasteiger partial charge in [0.1, 0.15) is 23.9 Å². The third-order valence-electron chi connectivity index (χ3n) is 5.08. The first kappa shape index (κ1) is 29.7. The van der Waals surface area contributed by atoms with Gasteiger partial charge in [-0.2, -0.15) is 12.6 Å². The van der Waals surface area contributed by atoms with Crippen molar-refractivity contribution in [2.45, 2.75) is 57.3 Å². The van der Waals surface area contributed by atoms with E-state index in [9.17, 15) is 34.2 Å². The predicted molar refractivity (Wildman–Crippen MR) is 130 cm³/mol. The highest BCUT2D eigenvalue weighted by molar-refractivity contribution is 7.80. The van der Waals surface area contributed by atoms with Crippen LogP contribution in [0.25, 0.3) is 0 Å². The van der Waals surface area contributed by atoms with Gasteiger partial charge in [-0.25, -0.2) is 4.79 Å². The van der Waals surface area contributed by atoms with Crippen molar-refractivity contribution in [1.82, 2.24) is 16.0 Å². The molecule has 1 aromatic rings. The van der Waals surface area contributed by atoms with Crippen molar-refractivity contribution in [3.63, 3.8) is 0 Å². The molecule has 0 saturated heterocycles. The number of thiol groups is 1. The molecule has 4 unspecified atom stereocenters. The number of benzene rings is 1. The zero-order chi connectivity index (χ0) is 26.7. The first-order valence-corrected chi connectivity index (χ1v) is 11.6. The van der Waals surface area contributed by atoms with E-state index in [-0.39, 0.29) is 30.8 Å². The summed E-state index contributed by atoms with van der Waals surface area (Å²) in [6.45, 7) is 3.29. The maximum Gasteiger partial charge on any atom is 0.326 e. The lowest BCUT2D eigenvalue weighted by Gasteiger charge is -2.27. The standard InChI is InChI=1S/C22H33N5O7S/c1-11(2)18(21(32)25-15(22(33)34)7-8-17(24)29)27-20(31)16(26-19(30)14(23)10-35)9-12-3-5-13(28)6-4-12/h3-6,11,14-16,18,28,35H,7-10,23H2,1-2H3,(H2,24,29)(H,25,32)(H,26,30)(H,27,31)(H,33,34). The van der Waals surface area contributed by atoms with Crippen LogP contribution in [0, 0.1) is 5.92 Å². The molecule has 1 rings (SSSR count). The van der Waals surface area contributed by atoms with Gasteiger partial charge in [0, 0.05) is 18.6 Å². The molecule has 0 bridgehead atoms. The number of carbonyl (C=O) groups excluding carboxylic acids is 4. The van der Waals surface area contributed by atoms with Gasteiger partial charge in [-0.05, 0) is 30.0 Å². The van der Waals surface area contributed by atoms with Crippen molar-refractivity contribution in [2.24, 2.45) is 17.4 Å². The van der Waals surface area contributed by atoms with Gasteiger partial charge < -0.3 is 37.6 Å². The van der Waals surface area contributed by atoms with E-state index < -0.39 is 59.7 Å². The second-order valence-corrected chi connectivity index (χ2v) is 8.72. The normalized spacial score (nSPS) is 14.3. The Bertz CT molecular complexity index is 910. The summed E-state index contributed by atoms with van der Waals surface area (Å²) in [5.41, 5.74) is 11.4. The molecule has 0 aliphatic carbocycles. The number of carboxylic acids is 1. The van der Waals surface area contributed by atoms with Gasteiger partial charge in [0.25, 0.3) is 0 Å². The molecular formula is C22H33N5O7S. The van der Waals surface area contributed by atoms with Crippen molar-refractivity contribution in [1.29, 1.82) is 0 Å². The van der Waals surface area contributed by atoms with Crippen LogP contribution in [0.4, 0.5) is 0 Å². The van der Waals surface area contributed by atoms with Gasteiger partial charge in [0.05, 0.1) is 6.04 Å². The van der Waals surface area contributed by atoms with Crippen LogP contribution >= 0.6 is 12.6 Å². The van der Waals surface area contributed by atoms with E-state index in [1.165, 1.54) is 12.1 Å².